The Morgan fingerprint density at radius 2 is 2.07 bits per heavy atom. The Kier molecular flexibility index (Phi) is 2.27. The van der Waals surface area contributed by atoms with Crippen LogP contribution in [0.1, 0.15) is 27.2 Å². The molecule has 0 spiro atoms. The van der Waals surface area contributed by atoms with E-state index in [4.69, 9.17) is 4.74 Å². The maximum absolute atomic E-state index is 11.7. The van der Waals surface area contributed by atoms with Gasteiger partial charge >= 0.3 is 5.97 Å². The first-order valence-electron chi connectivity index (χ1n) is 5.18. The minimum absolute atomic E-state index is 0.119. The van der Waals surface area contributed by atoms with E-state index in [9.17, 15) is 4.79 Å². The van der Waals surface area contributed by atoms with Gasteiger partial charge in [0.1, 0.15) is 11.6 Å². The molecule has 0 aromatic heterocycles. The van der Waals surface area contributed by atoms with Crippen LogP contribution in [0.25, 0.3) is 0 Å². The molecule has 2 bridgehead atoms. The van der Waals surface area contributed by atoms with Gasteiger partial charge in [-0.3, -0.25) is 4.79 Å². The largest absolute Gasteiger partial charge is 0.459 e. The summed E-state index contributed by atoms with van der Waals surface area (Å²) in [7, 11) is 0. The second-order valence-corrected chi connectivity index (χ2v) is 5.22. The summed E-state index contributed by atoms with van der Waals surface area (Å²) >= 11 is 0. The lowest BCUT2D eigenvalue weighted by molar-refractivity contribution is -0.165. The van der Waals surface area contributed by atoms with Gasteiger partial charge in [-0.1, -0.05) is 0 Å². The molecule has 1 unspecified atom stereocenters. The van der Waals surface area contributed by atoms with Crippen molar-refractivity contribution in [3.63, 3.8) is 0 Å². The summed E-state index contributed by atoms with van der Waals surface area (Å²) in [4.78, 5) is 11.7. The fourth-order valence-corrected chi connectivity index (χ4v) is 1.95. The molecule has 0 aromatic rings. The van der Waals surface area contributed by atoms with E-state index in [2.05, 4.69) is 10.4 Å². The first-order chi connectivity index (χ1) is 6.44. The van der Waals surface area contributed by atoms with E-state index in [1.54, 1.807) is 0 Å². The Morgan fingerprint density at radius 3 is 2.50 bits per heavy atom. The lowest BCUT2D eigenvalue weighted by Crippen LogP contribution is -2.66. The molecule has 3 saturated heterocycles. The molecule has 3 aliphatic rings. The van der Waals surface area contributed by atoms with Crippen LogP contribution in [-0.2, 0) is 9.53 Å². The highest BCUT2D eigenvalue weighted by molar-refractivity contribution is 5.76. The number of nitrogens with zero attached hydrogens (tertiary/aromatic N) is 1. The van der Waals surface area contributed by atoms with Crippen molar-refractivity contribution in [3.8, 4) is 0 Å². The number of esters is 1. The van der Waals surface area contributed by atoms with E-state index in [0.717, 1.165) is 19.5 Å². The van der Waals surface area contributed by atoms with Gasteiger partial charge in [-0.15, -0.1) is 0 Å². The van der Waals surface area contributed by atoms with Gasteiger partial charge in [-0.2, -0.15) is 0 Å². The van der Waals surface area contributed by atoms with Gasteiger partial charge in [0.2, 0.25) is 0 Å². The maximum Gasteiger partial charge on any atom is 0.325 e. The van der Waals surface area contributed by atoms with E-state index < -0.39 is 0 Å². The standard InChI is InChI=1S/C10H18N2O2/c1-10(2,3)14-9(13)8-4-7-5-12(6-7)11-8/h7-8,11H,4-6H2,1-3H3. The van der Waals surface area contributed by atoms with E-state index in [1.807, 2.05) is 20.8 Å². The third-order valence-electron chi connectivity index (χ3n) is 2.56. The summed E-state index contributed by atoms with van der Waals surface area (Å²) < 4.78 is 5.32. The quantitative estimate of drug-likeness (QED) is 0.624. The molecule has 3 rings (SSSR count). The molecule has 80 valence electrons. The van der Waals surface area contributed by atoms with E-state index >= 15 is 0 Å². The second-order valence-electron chi connectivity index (χ2n) is 5.22. The lowest BCUT2D eigenvalue weighted by Gasteiger charge is -2.48. The summed E-state index contributed by atoms with van der Waals surface area (Å²) in [6.45, 7) is 7.86. The highest BCUT2D eigenvalue weighted by Gasteiger charge is 2.40. The maximum atomic E-state index is 11.7. The van der Waals surface area contributed by atoms with Gasteiger partial charge in [-0.25, -0.2) is 10.4 Å². The van der Waals surface area contributed by atoms with Crippen LogP contribution in [0, 0.1) is 5.92 Å². The average molecular weight is 198 g/mol. The van der Waals surface area contributed by atoms with Crippen LogP contribution >= 0.6 is 0 Å². The summed E-state index contributed by atoms with van der Waals surface area (Å²) in [5.74, 6) is 0.570. The van der Waals surface area contributed by atoms with Gasteiger partial charge in [0.15, 0.2) is 0 Å². The first-order valence-corrected chi connectivity index (χ1v) is 5.18. The molecule has 3 fully saturated rings. The highest BCUT2D eigenvalue weighted by Crippen LogP contribution is 2.26. The molecule has 0 radical (unpaired) electrons. The number of nitrogens with one attached hydrogen (secondary N) is 1. The van der Waals surface area contributed by atoms with Gasteiger partial charge in [-0.05, 0) is 33.1 Å². The van der Waals surface area contributed by atoms with Crippen molar-refractivity contribution in [2.45, 2.75) is 38.8 Å². The molecule has 3 aliphatic heterocycles. The topological polar surface area (TPSA) is 41.6 Å². The smallest absolute Gasteiger partial charge is 0.325 e. The van der Waals surface area contributed by atoms with Crippen LogP contribution in [0.4, 0.5) is 0 Å². The predicted molar refractivity (Wildman–Crippen MR) is 52.4 cm³/mol. The van der Waals surface area contributed by atoms with Gasteiger partial charge < -0.3 is 4.74 Å². The van der Waals surface area contributed by atoms with Crippen LogP contribution in [0.2, 0.25) is 0 Å². The van der Waals surface area contributed by atoms with Crippen molar-refractivity contribution in [2.75, 3.05) is 13.1 Å². The second kappa shape index (κ2) is 3.21. The predicted octanol–water partition coefficient (Wildman–Crippen LogP) is 0.537. The van der Waals surface area contributed by atoms with Gasteiger partial charge in [0, 0.05) is 13.1 Å². The normalized spacial score (nSPS) is 36.1. The minimum atomic E-state index is -0.379. The summed E-state index contributed by atoms with van der Waals surface area (Å²) in [6, 6.07) is -0.123. The van der Waals surface area contributed by atoms with Gasteiger partial charge in [0.05, 0.1) is 0 Å². The Bertz CT molecular complexity index is 231. The van der Waals surface area contributed by atoms with Crippen LogP contribution in [-0.4, -0.2) is 35.7 Å². The molecular formula is C10H18N2O2. The third-order valence-corrected chi connectivity index (χ3v) is 2.56. The number of hydrogen-bond donors (Lipinski definition) is 1. The van der Waals surface area contributed by atoms with Crippen molar-refractivity contribution in [1.29, 1.82) is 0 Å². The molecule has 0 aromatic carbocycles. The highest BCUT2D eigenvalue weighted by atomic mass is 16.6. The number of carbonyl (C=O) groups excluding carboxylic acids is 1. The number of hydrazine groups is 1. The number of fused-ring (bicyclic) bond motifs is 2. The monoisotopic (exact) mass is 198 g/mol. The molecule has 14 heavy (non-hydrogen) atoms. The Morgan fingerprint density at radius 1 is 1.43 bits per heavy atom. The van der Waals surface area contributed by atoms with Crippen LogP contribution in [0.5, 0.6) is 0 Å². The molecule has 4 heteroatoms. The zero-order chi connectivity index (χ0) is 10.3. The van der Waals surface area contributed by atoms with Crippen molar-refractivity contribution in [2.24, 2.45) is 5.92 Å². The number of hydrogen-bond acceptors (Lipinski definition) is 4. The minimum Gasteiger partial charge on any atom is -0.459 e. The fraction of sp³-hybridized carbons (Fsp3) is 0.900. The zero-order valence-corrected chi connectivity index (χ0v) is 9.04. The summed E-state index contributed by atoms with van der Waals surface area (Å²) in [5.41, 5.74) is 2.78. The third kappa shape index (κ3) is 2.07. The molecule has 1 atom stereocenters. The van der Waals surface area contributed by atoms with Crippen molar-refractivity contribution < 1.29 is 9.53 Å². The lowest BCUT2D eigenvalue weighted by atomic mass is 9.90. The Balaban J connectivity index is 1.86. The molecule has 0 aliphatic carbocycles. The zero-order valence-electron chi connectivity index (χ0n) is 9.04. The number of carbonyl (C=O) groups is 1. The molecule has 3 heterocycles. The average Bonchev–Trinajstić information content (AvgIpc) is 2.00. The van der Waals surface area contributed by atoms with Crippen molar-refractivity contribution in [1.82, 2.24) is 10.4 Å². The number of ether oxygens (including phenoxy) is 1. The summed E-state index contributed by atoms with van der Waals surface area (Å²) in [6.07, 6.45) is 0.922. The van der Waals surface area contributed by atoms with Crippen molar-refractivity contribution in [3.05, 3.63) is 0 Å². The fourth-order valence-electron chi connectivity index (χ4n) is 1.95. The summed E-state index contributed by atoms with van der Waals surface area (Å²) in [5, 5.41) is 2.09. The van der Waals surface area contributed by atoms with Crippen LogP contribution in [0.3, 0.4) is 0 Å². The van der Waals surface area contributed by atoms with Crippen LogP contribution < -0.4 is 5.43 Å². The molecule has 0 saturated carbocycles. The van der Waals surface area contributed by atoms with E-state index in [1.165, 1.54) is 0 Å². The van der Waals surface area contributed by atoms with Gasteiger partial charge in [0.25, 0.3) is 0 Å². The number of rotatable bonds is 1. The van der Waals surface area contributed by atoms with Crippen LogP contribution in [0.15, 0.2) is 0 Å². The van der Waals surface area contributed by atoms with E-state index in [0.29, 0.717) is 5.92 Å². The molecule has 0 amide bonds. The Hall–Kier alpha value is -0.610. The molecule has 1 N–H and O–H groups in total. The van der Waals surface area contributed by atoms with E-state index in [-0.39, 0.29) is 17.6 Å². The molecule has 4 nitrogen and oxygen atoms in total. The SMILES string of the molecule is CC(C)(C)OC(=O)C1CC2CN(C2)N1. The Labute approximate surface area is 84.6 Å². The van der Waals surface area contributed by atoms with Crippen molar-refractivity contribution >= 4 is 5.97 Å². The molecular weight excluding hydrogens is 180 g/mol. The first kappa shape index (κ1) is 9.93.